The Morgan fingerprint density at radius 3 is 2.46 bits per heavy atom. The summed E-state index contributed by atoms with van der Waals surface area (Å²) in [5, 5.41) is 0. The zero-order valence-electron chi connectivity index (χ0n) is 16.0. The molecule has 2 aromatic carbocycles. The summed E-state index contributed by atoms with van der Waals surface area (Å²) in [4.78, 5) is 2.44. The number of nitrogens with zero attached hydrogens (tertiary/aromatic N) is 1. The van der Waals surface area contributed by atoms with Crippen molar-refractivity contribution < 1.29 is 14.2 Å². The maximum Gasteiger partial charge on any atom is 0.161 e. The van der Waals surface area contributed by atoms with Crippen molar-refractivity contribution in [3.05, 3.63) is 53.1 Å². The minimum atomic E-state index is -0.00208. The number of rotatable bonds is 6. The Balaban J connectivity index is 1.94. The lowest BCUT2D eigenvalue weighted by Crippen LogP contribution is -2.43. The second-order valence-electron chi connectivity index (χ2n) is 6.78. The first-order chi connectivity index (χ1) is 12.6. The maximum atomic E-state index is 6.41. The molecule has 5 nitrogen and oxygen atoms in total. The molecular weight excluding hydrogens is 328 g/mol. The van der Waals surface area contributed by atoms with E-state index in [1.54, 1.807) is 21.3 Å². The summed E-state index contributed by atoms with van der Waals surface area (Å²) in [7, 11) is 5.04. The molecule has 2 aromatic rings. The van der Waals surface area contributed by atoms with Crippen LogP contribution < -0.4 is 19.9 Å². The van der Waals surface area contributed by atoms with Crippen LogP contribution in [0.3, 0.4) is 0 Å². The molecule has 2 N–H and O–H groups in total. The highest BCUT2D eigenvalue weighted by atomic mass is 16.5. The van der Waals surface area contributed by atoms with Crippen LogP contribution in [0.4, 0.5) is 0 Å². The molecule has 0 spiro atoms. The van der Waals surface area contributed by atoms with Gasteiger partial charge in [-0.25, -0.2) is 0 Å². The van der Waals surface area contributed by atoms with Crippen molar-refractivity contribution in [1.82, 2.24) is 4.90 Å². The van der Waals surface area contributed by atoms with Crippen molar-refractivity contribution in [2.24, 2.45) is 5.73 Å². The molecule has 26 heavy (non-hydrogen) atoms. The normalized spacial score (nSPS) is 18.1. The highest BCUT2D eigenvalue weighted by Gasteiger charge is 2.31. The lowest BCUT2D eigenvalue weighted by molar-refractivity contribution is 0.155. The van der Waals surface area contributed by atoms with Gasteiger partial charge in [0, 0.05) is 19.1 Å². The van der Waals surface area contributed by atoms with Gasteiger partial charge in [-0.05, 0) is 54.3 Å². The van der Waals surface area contributed by atoms with Crippen LogP contribution in [0.15, 0.2) is 36.4 Å². The fourth-order valence-corrected chi connectivity index (χ4v) is 3.83. The predicted octanol–water partition coefficient (Wildman–Crippen LogP) is 3.16. The molecule has 0 aromatic heterocycles. The van der Waals surface area contributed by atoms with Crippen molar-refractivity contribution >= 4 is 0 Å². The molecule has 140 valence electrons. The SMILES string of the molecule is COc1cccc(CN2CCc3cc(OC)c(OC)cc3[C@@H]2[C@H](C)N)c1. The van der Waals surface area contributed by atoms with Crippen LogP contribution >= 0.6 is 0 Å². The number of fused-ring (bicyclic) bond motifs is 1. The molecule has 0 saturated heterocycles. The highest BCUT2D eigenvalue weighted by Crippen LogP contribution is 2.39. The summed E-state index contributed by atoms with van der Waals surface area (Å²) in [5.74, 6) is 2.40. The van der Waals surface area contributed by atoms with Gasteiger partial charge < -0.3 is 19.9 Å². The number of methoxy groups -OCH3 is 3. The van der Waals surface area contributed by atoms with E-state index in [2.05, 4.69) is 36.1 Å². The topological polar surface area (TPSA) is 57.0 Å². The minimum absolute atomic E-state index is 0.00208. The average Bonchev–Trinajstić information content (AvgIpc) is 2.66. The first-order valence-corrected chi connectivity index (χ1v) is 8.94. The van der Waals surface area contributed by atoms with Crippen LogP contribution in [0, 0.1) is 0 Å². The molecular formula is C21H28N2O3. The van der Waals surface area contributed by atoms with Crippen LogP contribution in [0.25, 0.3) is 0 Å². The van der Waals surface area contributed by atoms with Gasteiger partial charge in [-0.1, -0.05) is 12.1 Å². The first-order valence-electron chi connectivity index (χ1n) is 8.94. The van der Waals surface area contributed by atoms with E-state index in [1.807, 2.05) is 12.1 Å². The Bertz CT molecular complexity index is 761. The van der Waals surface area contributed by atoms with Crippen LogP contribution in [0.2, 0.25) is 0 Å². The van der Waals surface area contributed by atoms with Crippen LogP contribution in [0.5, 0.6) is 17.2 Å². The van der Waals surface area contributed by atoms with Crippen LogP contribution in [-0.4, -0.2) is 38.8 Å². The molecule has 1 aliphatic rings. The summed E-state index contributed by atoms with van der Waals surface area (Å²) in [6, 6.07) is 12.5. The van der Waals surface area contributed by atoms with Crippen molar-refractivity contribution in [2.75, 3.05) is 27.9 Å². The van der Waals surface area contributed by atoms with Crippen molar-refractivity contribution in [2.45, 2.75) is 32.0 Å². The average molecular weight is 356 g/mol. The Kier molecular flexibility index (Phi) is 5.69. The molecule has 0 saturated carbocycles. The molecule has 1 aliphatic heterocycles. The van der Waals surface area contributed by atoms with E-state index in [1.165, 1.54) is 16.7 Å². The van der Waals surface area contributed by atoms with E-state index < -0.39 is 0 Å². The minimum Gasteiger partial charge on any atom is -0.497 e. The van der Waals surface area contributed by atoms with Gasteiger partial charge in [0.25, 0.3) is 0 Å². The van der Waals surface area contributed by atoms with E-state index in [9.17, 15) is 0 Å². The quantitative estimate of drug-likeness (QED) is 0.862. The van der Waals surface area contributed by atoms with Gasteiger partial charge >= 0.3 is 0 Å². The Morgan fingerprint density at radius 1 is 1.08 bits per heavy atom. The second-order valence-corrected chi connectivity index (χ2v) is 6.78. The van der Waals surface area contributed by atoms with E-state index in [4.69, 9.17) is 19.9 Å². The van der Waals surface area contributed by atoms with E-state index in [0.29, 0.717) is 0 Å². The number of ether oxygens (including phenoxy) is 3. The fourth-order valence-electron chi connectivity index (χ4n) is 3.83. The standard InChI is InChI=1S/C21H28N2O3/c1-14(22)21-18-12-20(26-4)19(25-3)11-16(18)8-9-23(21)13-15-6-5-7-17(10-15)24-2/h5-7,10-12,14,21H,8-9,13,22H2,1-4H3/t14-,21-/m0/s1. The molecule has 2 atom stereocenters. The zero-order valence-corrected chi connectivity index (χ0v) is 16.0. The van der Waals surface area contributed by atoms with E-state index in [-0.39, 0.29) is 12.1 Å². The zero-order chi connectivity index (χ0) is 18.7. The third kappa shape index (κ3) is 3.64. The summed E-state index contributed by atoms with van der Waals surface area (Å²) < 4.78 is 16.3. The molecule has 0 radical (unpaired) electrons. The van der Waals surface area contributed by atoms with Gasteiger partial charge in [0.1, 0.15) is 5.75 Å². The van der Waals surface area contributed by atoms with Crippen LogP contribution in [-0.2, 0) is 13.0 Å². The Morgan fingerprint density at radius 2 is 1.81 bits per heavy atom. The molecule has 0 aliphatic carbocycles. The van der Waals surface area contributed by atoms with Crippen molar-refractivity contribution in [1.29, 1.82) is 0 Å². The summed E-state index contributed by atoms with van der Waals surface area (Å²) in [5.41, 5.74) is 10.1. The Hall–Kier alpha value is -2.24. The number of hydrogen-bond donors (Lipinski definition) is 1. The number of benzene rings is 2. The summed E-state index contributed by atoms with van der Waals surface area (Å²) in [6.45, 7) is 3.85. The number of hydrogen-bond acceptors (Lipinski definition) is 5. The summed E-state index contributed by atoms with van der Waals surface area (Å²) >= 11 is 0. The lowest BCUT2D eigenvalue weighted by Gasteiger charge is -2.40. The Labute approximate surface area is 155 Å². The van der Waals surface area contributed by atoms with Gasteiger partial charge in [-0.3, -0.25) is 4.90 Å². The smallest absolute Gasteiger partial charge is 0.161 e. The second kappa shape index (κ2) is 7.98. The largest absolute Gasteiger partial charge is 0.497 e. The maximum absolute atomic E-state index is 6.41. The monoisotopic (exact) mass is 356 g/mol. The molecule has 3 rings (SSSR count). The van der Waals surface area contributed by atoms with Gasteiger partial charge in [0.15, 0.2) is 11.5 Å². The third-order valence-electron chi connectivity index (χ3n) is 5.04. The van der Waals surface area contributed by atoms with E-state index >= 15 is 0 Å². The summed E-state index contributed by atoms with van der Waals surface area (Å²) in [6.07, 6.45) is 0.961. The van der Waals surface area contributed by atoms with Gasteiger partial charge in [0.2, 0.25) is 0 Å². The molecule has 5 heteroatoms. The molecule has 0 amide bonds. The number of nitrogens with two attached hydrogens (primary N) is 1. The predicted molar refractivity (Wildman–Crippen MR) is 103 cm³/mol. The molecule has 0 bridgehead atoms. The highest BCUT2D eigenvalue weighted by molar-refractivity contribution is 5.50. The van der Waals surface area contributed by atoms with Crippen molar-refractivity contribution in [3.8, 4) is 17.2 Å². The fraction of sp³-hybridized carbons (Fsp3) is 0.429. The van der Waals surface area contributed by atoms with Crippen molar-refractivity contribution in [3.63, 3.8) is 0 Å². The van der Waals surface area contributed by atoms with Crippen LogP contribution in [0.1, 0.15) is 29.7 Å². The van der Waals surface area contributed by atoms with Gasteiger partial charge in [-0.15, -0.1) is 0 Å². The van der Waals surface area contributed by atoms with E-state index in [0.717, 1.165) is 36.8 Å². The van der Waals surface area contributed by atoms with Gasteiger partial charge in [-0.2, -0.15) is 0 Å². The van der Waals surface area contributed by atoms with Gasteiger partial charge in [0.05, 0.1) is 27.4 Å². The molecule has 1 heterocycles. The first kappa shape index (κ1) is 18.5. The lowest BCUT2D eigenvalue weighted by atomic mass is 9.88. The molecule has 0 unspecified atom stereocenters. The molecule has 0 fully saturated rings. The third-order valence-corrected chi connectivity index (χ3v) is 5.04.